The topological polar surface area (TPSA) is 27.0 Å². The first-order chi connectivity index (χ1) is 8.15. The monoisotopic (exact) mass is 226 g/mol. The van der Waals surface area contributed by atoms with Crippen molar-refractivity contribution >= 4 is 11.3 Å². The number of para-hydroxylation sites is 1. The highest BCUT2D eigenvalue weighted by atomic mass is 15.2. The Hall–Kier alpha value is -1.75. The summed E-state index contributed by atoms with van der Waals surface area (Å²) in [5.74, 6) is 0.454. The lowest BCUT2D eigenvalue weighted by molar-refractivity contribution is 0.545. The van der Waals surface area contributed by atoms with Gasteiger partial charge in [-0.2, -0.15) is 5.26 Å². The quantitative estimate of drug-likeness (QED) is 0.686. The van der Waals surface area contributed by atoms with E-state index in [1.165, 1.54) is 16.8 Å². The van der Waals surface area contributed by atoms with E-state index in [1.807, 2.05) is 6.07 Å². The molecule has 0 aliphatic carbocycles. The van der Waals surface area contributed by atoms with Crippen molar-refractivity contribution < 1.29 is 0 Å². The van der Waals surface area contributed by atoms with Gasteiger partial charge in [0.05, 0.1) is 6.07 Å². The van der Waals surface area contributed by atoms with E-state index in [0.717, 1.165) is 0 Å². The van der Waals surface area contributed by atoms with E-state index in [9.17, 15) is 0 Å². The zero-order chi connectivity index (χ0) is 12.4. The molecule has 0 saturated carbocycles. The Labute approximate surface area is 103 Å². The third-order valence-electron chi connectivity index (χ3n) is 3.64. The molecule has 2 rings (SSSR count). The van der Waals surface area contributed by atoms with Crippen LogP contribution in [0, 0.1) is 17.2 Å². The zero-order valence-corrected chi connectivity index (χ0v) is 10.6. The van der Waals surface area contributed by atoms with Crippen LogP contribution in [0.2, 0.25) is 0 Å². The Bertz CT molecular complexity index is 482. The van der Waals surface area contributed by atoms with Crippen molar-refractivity contribution in [1.29, 1.82) is 5.26 Å². The number of rotatable bonds is 1. The minimum atomic E-state index is 0.355. The highest BCUT2D eigenvalue weighted by Crippen LogP contribution is 2.34. The van der Waals surface area contributed by atoms with Crippen molar-refractivity contribution in [3.63, 3.8) is 0 Å². The van der Waals surface area contributed by atoms with E-state index < -0.39 is 0 Å². The standard InChI is InChI=1S/C15H18N2/c1-11-10-12(2)14-6-4-5-7-15(14)17(9-8-16)13(11)3/h4-7,10-11,13H,9H2,1-3H3. The van der Waals surface area contributed by atoms with Crippen LogP contribution in [0.25, 0.3) is 5.57 Å². The summed E-state index contributed by atoms with van der Waals surface area (Å²) in [6, 6.07) is 11.0. The van der Waals surface area contributed by atoms with E-state index in [-0.39, 0.29) is 0 Å². The van der Waals surface area contributed by atoms with Gasteiger partial charge in [0.25, 0.3) is 0 Å². The fourth-order valence-electron chi connectivity index (χ4n) is 2.49. The van der Waals surface area contributed by atoms with Gasteiger partial charge in [0, 0.05) is 17.3 Å². The van der Waals surface area contributed by atoms with Crippen molar-refractivity contribution in [2.24, 2.45) is 5.92 Å². The number of nitriles is 1. The summed E-state index contributed by atoms with van der Waals surface area (Å²) >= 11 is 0. The smallest absolute Gasteiger partial charge is 0.106 e. The Balaban J connectivity index is 2.56. The first-order valence-corrected chi connectivity index (χ1v) is 6.06. The number of nitrogens with zero attached hydrogens (tertiary/aromatic N) is 2. The van der Waals surface area contributed by atoms with Crippen LogP contribution in [0.5, 0.6) is 0 Å². The fourth-order valence-corrected chi connectivity index (χ4v) is 2.49. The van der Waals surface area contributed by atoms with E-state index in [4.69, 9.17) is 5.26 Å². The first-order valence-electron chi connectivity index (χ1n) is 6.06. The molecule has 0 amide bonds. The van der Waals surface area contributed by atoms with Crippen molar-refractivity contribution in [1.82, 2.24) is 0 Å². The number of hydrogen-bond acceptors (Lipinski definition) is 2. The number of allylic oxidation sites excluding steroid dienone is 1. The maximum Gasteiger partial charge on any atom is 0.106 e. The van der Waals surface area contributed by atoms with Crippen LogP contribution in [0.3, 0.4) is 0 Å². The molecule has 2 unspecified atom stereocenters. The number of anilines is 1. The minimum Gasteiger partial charge on any atom is -0.354 e. The summed E-state index contributed by atoms with van der Waals surface area (Å²) in [6.07, 6.45) is 2.31. The van der Waals surface area contributed by atoms with Gasteiger partial charge in [-0.25, -0.2) is 0 Å². The lowest BCUT2D eigenvalue weighted by Gasteiger charge is -2.31. The molecule has 1 aromatic rings. The second kappa shape index (κ2) is 4.63. The van der Waals surface area contributed by atoms with Crippen molar-refractivity contribution in [3.05, 3.63) is 35.9 Å². The summed E-state index contributed by atoms with van der Waals surface area (Å²) in [5.41, 5.74) is 3.74. The fraction of sp³-hybridized carbons (Fsp3) is 0.400. The van der Waals surface area contributed by atoms with Crippen LogP contribution in [-0.2, 0) is 0 Å². The maximum absolute atomic E-state index is 9.00. The molecular formula is C15H18N2. The van der Waals surface area contributed by atoms with Gasteiger partial charge >= 0.3 is 0 Å². The van der Waals surface area contributed by atoms with Gasteiger partial charge in [-0.1, -0.05) is 31.2 Å². The van der Waals surface area contributed by atoms with E-state index >= 15 is 0 Å². The van der Waals surface area contributed by atoms with Crippen LogP contribution in [0.4, 0.5) is 5.69 Å². The lowest BCUT2D eigenvalue weighted by atomic mass is 10.00. The normalized spacial score (nSPS) is 23.4. The van der Waals surface area contributed by atoms with E-state index in [0.29, 0.717) is 18.5 Å². The van der Waals surface area contributed by atoms with Crippen LogP contribution < -0.4 is 4.90 Å². The zero-order valence-electron chi connectivity index (χ0n) is 10.6. The average molecular weight is 226 g/mol. The Morgan fingerprint density at radius 2 is 2.00 bits per heavy atom. The summed E-state index contributed by atoms with van der Waals surface area (Å²) in [7, 11) is 0. The van der Waals surface area contributed by atoms with Gasteiger partial charge in [-0.15, -0.1) is 0 Å². The third-order valence-corrected chi connectivity index (χ3v) is 3.64. The molecule has 0 N–H and O–H groups in total. The van der Waals surface area contributed by atoms with E-state index in [2.05, 4.69) is 56.0 Å². The number of hydrogen-bond donors (Lipinski definition) is 0. The molecule has 88 valence electrons. The Morgan fingerprint density at radius 1 is 1.29 bits per heavy atom. The molecular weight excluding hydrogens is 208 g/mol. The van der Waals surface area contributed by atoms with Crippen LogP contribution >= 0.6 is 0 Å². The molecule has 0 aromatic heterocycles. The summed E-state index contributed by atoms with van der Waals surface area (Å²) < 4.78 is 0. The molecule has 0 fully saturated rings. The average Bonchev–Trinajstić information content (AvgIpc) is 2.42. The van der Waals surface area contributed by atoms with Gasteiger partial charge in [0.15, 0.2) is 0 Å². The minimum absolute atomic E-state index is 0.355. The molecule has 2 heteroatoms. The van der Waals surface area contributed by atoms with Crippen molar-refractivity contribution in [2.45, 2.75) is 26.8 Å². The molecule has 0 radical (unpaired) electrons. The maximum atomic E-state index is 9.00. The van der Waals surface area contributed by atoms with Gasteiger partial charge in [-0.05, 0) is 31.4 Å². The van der Waals surface area contributed by atoms with Crippen LogP contribution in [0.1, 0.15) is 26.3 Å². The molecule has 0 saturated heterocycles. The highest BCUT2D eigenvalue weighted by molar-refractivity contribution is 5.77. The van der Waals surface area contributed by atoms with Crippen molar-refractivity contribution in [3.8, 4) is 6.07 Å². The molecule has 0 spiro atoms. The second-order valence-electron chi connectivity index (χ2n) is 4.75. The summed E-state index contributed by atoms with van der Waals surface area (Å²) in [5, 5.41) is 9.00. The molecule has 0 bridgehead atoms. The highest BCUT2D eigenvalue weighted by Gasteiger charge is 2.24. The second-order valence-corrected chi connectivity index (χ2v) is 4.75. The largest absolute Gasteiger partial charge is 0.354 e. The summed E-state index contributed by atoms with van der Waals surface area (Å²) in [4.78, 5) is 2.20. The van der Waals surface area contributed by atoms with Crippen LogP contribution in [-0.4, -0.2) is 12.6 Å². The molecule has 1 heterocycles. The molecule has 2 atom stereocenters. The Morgan fingerprint density at radius 3 is 2.71 bits per heavy atom. The molecule has 2 nitrogen and oxygen atoms in total. The van der Waals surface area contributed by atoms with Crippen LogP contribution in [0.15, 0.2) is 30.3 Å². The lowest BCUT2D eigenvalue weighted by Crippen LogP contribution is -2.37. The predicted octanol–water partition coefficient (Wildman–Crippen LogP) is 3.46. The van der Waals surface area contributed by atoms with Gasteiger partial charge < -0.3 is 4.90 Å². The number of benzene rings is 1. The van der Waals surface area contributed by atoms with Crippen molar-refractivity contribution in [2.75, 3.05) is 11.4 Å². The molecule has 1 aliphatic heterocycles. The van der Waals surface area contributed by atoms with Gasteiger partial charge in [0.1, 0.15) is 6.54 Å². The SMILES string of the molecule is CC1=CC(C)C(C)N(CC#N)c2ccccc21. The Kier molecular flexibility index (Phi) is 3.19. The van der Waals surface area contributed by atoms with Gasteiger partial charge in [-0.3, -0.25) is 0 Å². The first kappa shape index (κ1) is 11.7. The van der Waals surface area contributed by atoms with E-state index in [1.54, 1.807) is 0 Å². The predicted molar refractivity (Wildman–Crippen MR) is 71.7 cm³/mol. The number of fused-ring (bicyclic) bond motifs is 1. The molecule has 17 heavy (non-hydrogen) atoms. The van der Waals surface area contributed by atoms with Gasteiger partial charge in [0.2, 0.25) is 0 Å². The summed E-state index contributed by atoms with van der Waals surface area (Å²) in [6.45, 7) is 7.00. The third kappa shape index (κ3) is 2.06. The molecule has 1 aliphatic rings. The molecule has 1 aromatic carbocycles.